The summed E-state index contributed by atoms with van der Waals surface area (Å²) < 4.78 is 0. The van der Waals surface area contributed by atoms with Crippen molar-refractivity contribution in [3.8, 4) is 0 Å². The van der Waals surface area contributed by atoms with E-state index in [1.807, 2.05) is 12.1 Å². The van der Waals surface area contributed by atoms with Gasteiger partial charge < -0.3 is 14.8 Å². The van der Waals surface area contributed by atoms with E-state index < -0.39 is 0 Å². The lowest BCUT2D eigenvalue weighted by atomic mass is 10.1. The first-order valence-electron chi connectivity index (χ1n) is 7.81. The maximum atomic E-state index is 4.70. The largest absolute Gasteiger partial charge is 0.368 e. The summed E-state index contributed by atoms with van der Waals surface area (Å²) >= 11 is 0. The zero-order valence-electron chi connectivity index (χ0n) is 12.8. The van der Waals surface area contributed by atoms with Crippen molar-refractivity contribution in [2.75, 3.05) is 36.0 Å². The summed E-state index contributed by atoms with van der Waals surface area (Å²) in [5.74, 6) is 0.991. The van der Waals surface area contributed by atoms with Crippen LogP contribution in [-0.4, -0.2) is 36.1 Å². The number of piperazine rings is 1. The summed E-state index contributed by atoms with van der Waals surface area (Å²) in [7, 11) is 0. The molecule has 0 radical (unpaired) electrons. The molecule has 0 bridgehead atoms. The predicted octanol–water partition coefficient (Wildman–Crippen LogP) is 3.20. The Bertz CT molecular complexity index is 751. The van der Waals surface area contributed by atoms with Crippen molar-refractivity contribution in [3.63, 3.8) is 0 Å². The zero-order chi connectivity index (χ0) is 14.9. The van der Waals surface area contributed by atoms with Gasteiger partial charge in [-0.15, -0.1) is 0 Å². The fourth-order valence-corrected chi connectivity index (χ4v) is 3.17. The minimum absolute atomic E-state index is 0.991. The van der Waals surface area contributed by atoms with E-state index in [9.17, 15) is 0 Å². The van der Waals surface area contributed by atoms with Gasteiger partial charge in [0.15, 0.2) is 0 Å². The van der Waals surface area contributed by atoms with Gasteiger partial charge >= 0.3 is 0 Å². The molecule has 0 amide bonds. The Balaban J connectivity index is 1.51. The number of hydrogen-bond donors (Lipinski definition) is 1. The second-order valence-corrected chi connectivity index (χ2v) is 5.84. The van der Waals surface area contributed by atoms with Crippen LogP contribution in [0.3, 0.4) is 0 Å². The van der Waals surface area contributed by atoms with E-state index in [1.165, 1.54) is 11.3 Å². The molecule has 1 fully saturated rings. The molecule has 0 saturated carbocycles. The number of fused-ring (bicyclic) bond motifs is 1. The molecule has 1 aromatic heterocycles. The number of imidazole rings is 1. The fraction of sp³-hybridized carbons (Fsp3) is 0.278. The Morgan fingerprint density at radius 3 is 2.32 bits per heavy atom. The monoisotopic (exact) mass is 292 g/mol. The topological polar surface area (TPSA) is 35.2 Å². The molecule has 2 heterocycles. The first kappa shape index (κ1) is 13.2. The van der Waals surface area contributed by atoms with Crippen molar-refractivity contribution in [1.82, 2.24) is 9.97 Å². The number of hydrogen-bond acceptors (Lipinski definition) is 3. The maximum absolute atomic E-state index is 4.70. The summed E-state index contributed by atoms with van der Waals surface area (Å²) in [6.45, 7) is 6.23. The molecule has 4 heteroatoms. The van der Waals surface area contributed by atoms with Gasteiger partial charge in [0.1, 0.15) is 0 Å². The number of aromatic amines is 1. The van der Waals surface area contributed by atoms with E-state index in [0.717, 1.165) is 43.2 Å². The minimum atomic E-state index is 0.991. The average molecular weight is 292 g/mol. The minimum Gasteiger partial charge on any atom is -0.368 e. The molecule has 1 aliphatic rings. The van der Waals surface area contributed by atoms with Gasteiger partial charge in [0.05, 0.1) is 11.0 Å². The Hall–Kier alpha value is -2.49. The quantitative estimate of drug-likeness (QED) is 0.788. The van der Waals surface area contributed by atoms with Crippen molar-refractivity contribution in [2.45, 2.75) is 6.92 Å². The molecule has 0 atom stereocenters. The molecule has 1 aliphatic heterocycles. The third kappa shape index (κ3) is 2.30. The van der Waals surface area contributed by atoms with Crippen molar-refractivity contribution < 1.29 is 0 Å². The molecule has 1 saturated heterocycles. The first-order valence-corrected chi connectivity index (χ1v) is 7.81. The zero-order valence-corrected chi connectivity index (χ0v) is 12.8. The number of H-pyrrole nitrogens is 1. The van der Waals surface area contributed by atoms with E-state index in [2.05, 4.69) is 58.1 Å². The van der Waals surface area contributed by atoms with Crippen molar-refractivity contribution in [2.24, 2.45) is 0 Å². The highest BCUT2D eigenvalue weighted by molar-refractivity contribution is 5.77. The van der Waals surface area contributed by atoms with Gasteiger partial charge in [0.2, 0.25) is 5.95 Å². The fourth-order valence-electron chi connectivity index (χ4n) is 3.17. The summed E-state index contributed by atoms with van der Waals surface area (Å²) in [6, 6.07) is 16.8. The summed E-state index contributed by atoms with van der Waals surface area (Å²) in [6.07, 6.45) is 0. The molecular formula is C18H20N4. The van der Waals surface area contributed by atoms with Crippen LogP contribution in [0.2, 0.25) is 0 Å². The van der Waals surface area contributed by atoms with Crippen molar-refractivity contribution >= 4 is 22.7 Å². The molecule has 112 valence electrons. The van der Waals surface area contributed by atoms with Crippen LogP contribution in [0.15, 0.2) is 48.5 Å². The Morgan fingerprint density at radius 2 is 1.55 bits per heavy atom. The molecule has 2 aromatic carbocycles. The molecule has 0 unspecified atom stereocenters. The van der Waals surface area contributed by atoms with Crippen LogP contribution in [0.4, 0.5) is 11.6 Å². The predicted molar refractivity (Wildman–Crippen MR) is 91.7 cm³/mol. The molecule has 3 aromatic rings. The van der Waals surface area contributed by atoms with Crippen LogP contribution in [-0.2, 0) is 0 Å². The van der Waals surface area contributed by atoms with Gasteiger partial charge in [-0.25, -0.2) is 4.98 Å². The smallest absolute Gasteiger partial charge is 0.203 e. The molecule has 4 nitrogen and oxygen atoms in total. The molecular weight excluding hydrogens is 272 g/mol. The van der Waals surface area contributed by atoms with Crippen LogP contribution in [0.5, 0.6) is 0 Å². The lowest BCUT2D eigenvalue weighted by Gasteiger charge is -2.36. The highest BCUT2D eigenvalue weighted by Crippen LogP contribution is 2.23. The van der Waals surface area contributed by atoms with Crippen LogP contribution < -0.4 is 9.80 Å². The molecule has 22 heavy (non-hydrogen) atoms. The van der Waals surface area contributed by atoms with Gasteiger partial charge in [0.25, 0.3) is 0 Å². The third-order valence-corrected chi connectivity index (χ3v) is 4.41. The standard InChI is InChI=1S/C18H20N4/c1-14-6-2-5-9-17(14)21-10-12-22(13-11-21)18-19-15-7-3-4-8-16(15)20-18/h2-9H,10-13H2,1H3,(H,19,20). The van der Waals surface area contributed by atoms with Crippen molar-refractivity contribution in [1.29, 1.82) is 0 Å². The summed E-state index contributed by atoms with van der Waals surface area (Å²) in [5.41, 5.74) is 4.85. The number of aryl methyl sites for hydroxylation is 1. The van der Waals surface area contributed by atoms with Crippen LogP contribution in [0.25, 0.3) is 11.0 Å². The van der Waals surface area contributed by atoms with Gasteiger partial charge in [-0.3, -0.25) is 0 Å². The third-order valence-electron chi connectivity index (χ3n) is 4.41. The summed E-state index contributed by atoms with van der Waals surface area (Å²) in [5, 5.41) is 0. The molecule has 1 N–H and O–H groups in total. The summed E-state index contributed by atoms with van der Waals surface area (Å²) in [4.78, 5) is 12.9. The number of nitrogens with one attached hydrogen (secondary N) is 1. The van der Waals surface area contributed by atoms with E-state index in [0.29, 0.717) is 0 Å². The number of aromatic nitrogens is 2. The molecule has 0 aliphatic carbocycles. The highest BCUT2D eigenvalue weighted by atomic mass is 15.3. The lowest BCUT2D eigenvalue weighted by Crippen LogP contribution is -2.47. The first-order chi connectivity index (χ1) is 10.8. The van der Waals surface area contributed by atoms with Crippen LogP contribution in [0.1, 0.15) is 5.56 Å². The number of rotatable bonds is 2. The second-order valence-electron chi connectivity index (χ2n) is 5.84. The number of nitrogens with zero attached hydrogens (tertiary/aromatic N) is 3. The number of anilines is 2. The Morgan fingerprint density at radius 1 is 0.864 bits per heavy atom. The van der Waals surface area contributed by atoms with Crippen molar-refractivity contribution in [3.05, 3.63) is 54.1 Å². The van der Waals surface area contributed by atoms with Gasteiger partial charge in [0, 0.05) is 31.9 Å². The normalized spacial score (nSPS) is 15.5. The highest BCUT2D eigenvalue weighted by Gasteiger charge is 2.20. The van der Waals surface area contributed by atoms with E-state index in [1.54, 1.807) is 0 Å². The number of benzene rings is 2. The van der Waals surface area contributed by atoms with E-state index in [4.69, 9.17) is 4.98 Å². The maximum Gasteiger partial charge on any atom is 0.203 e. The van der Waals surface area contributed by atoms with Gasteiger partial charge in [-0.1, -0.05) is 30.3 Å². The van der Waals surface area contributed by atoms with Gasteiger partial charge in [-0.2, -0.15) is 0 Å². The lowest BCUT2D eigenvalue weighted by molar-refractivity contribution is 0.642. The molecule has 4 rings (SSSR count). The second kappa shape index (κ2) is 5.37. The Labute approximate surface area is 130 Å². The average Bonchev–Trinajstić information content (AvgIpc) is 2.99. The SMILES string of the molecule is Cc1ccccc1N1CCN(c2nc3ccccc3[nH]2)CC1. The Kier molecular flexibility index (Phi) is 3.22. The molecule has 0 spiro atoms. The van der Waals surface area contributed by atoms with E-state index >= 15 is 0 Å². The van der Waals surface area contributed by atoms with Gasteiger partial charge in [-0.05, 0) is 30.7 Å². The van der Waals surface area contributed by atoms with Crippen LogP contribution >= 0.6 is 0 Å². The van der Waals surface area contributed by atoms with Crippen LogP contribution in [0, 0.1) is 6.92 Å². The van der Waals surface area contributed by atoms with E-state index in [-0.39, 0.29) is 0 Å². The number of para-hydroxylation sites is 3.